The molecule has 1 aliphatic rings. The molecule has 0 saturated carbocycles. The van der Waals surface area contributed by atoms with Crippen molar-refractivity contribution in [1.29, 1.82) is 0 Å². The second-order valence-electron chi connectivity index (χ2n) is 5.33. The van der Waals surface area contributed by atoms with Gasteiger partial charge in [-0.2, -0.15) is 0 Å². The lowest BCUT2D eigenvalue weighted by Gasteiger charge is -2.37. The van der Waals surface area contributed by atoms with Crippen molar-refractivity contribution in [2.45, 2.75) is 32.9 Å². The maximum Gasteiger partial charge on any atom is 0.126 e. The number of rotatable bonds is 5. The Hall–Kier alpha value is -1.13. The highest BCUT2D eigenvalue weighted by molar-refractivity contribution is 5.34. The Morgan fingerprint density at radius 2 is 2.00 bits per heavy atom. The van der Waals surface area contributed by atoms with Gasteiger partial charge in [0, 0.05) is 45.8 Å². The molecule has 19 heavy (non-hydrogen) atoms. The number of piperazine rings is 1. The van der Waals surface area contributed by atoms with Crippen LogP contribution in [0.3, 0.4) is 0 Å². The molecule has 0 spiro atoms. The van der Waals surface area contributed by atoms with Gasteiger partial charge in [0.05, 0.1) is 5.69 Å². The van der Waals surface area contributed by atoms with Gasteiger partial charge < -0.3 is 5.32 Å². The molecular formula is C15H26N4. The van der Waals surface area contributed by atoms with Crippen LogP contribution >= 0.6 is 0 Å². The molecule has 4 nitrogen and oxygen atoms in total. The van der Waals surface area contributed by atoms with Gasteiger partial charge >= 0.3 is 0 Å². The summed E-state index contributed by atoms with van der Waals surface area (Å²) in [6.45, 7) is 10.2. The van der Waals surface area contributed by atoms with Crippen LogP contribution in [0.1, 0.15) is 26.0 Å². The minimum Gasteiger partial charge on any atom is -0.373 e. The molecule has 1 saturated heterocycles. The molecule has 0 bridgehead atoms. The van der Waals surface area contributed by atoms with Gasteiger partial charge in [0.15, 0.2) is 0 Å². The van der Waals surface area contributed by atoms with Crippen LogP contribution < -0.4 is 5.32 Å². The van der Waals surface area contributed by atoms with Crippen molar-refractivity contribution in [3.8, 4) is 0 Å². The van der Waals surface area contributed by atoms with Gasteiger partial charge in [-0.25, -0.2) is 4.98 Å². The Morgan fingerprint density at radius 3 is 2.63 bits per heavy atom. The van der Waals surface area contributed by atoms with Gasteiger partial charge in [-0.05, 0) is 25.5 Å². The maximum absolute atomic E-state index is 4.59. The number of hydrogen-bond acceptors (Lipinski definition) is 4. The van der Waals surface area contributed by atoms with Gasteiger partial charge in [0.2, 0.25) is 0 Å². The molecule has 4 heteroatoms. The van der Waals surface area contributed by atoms with E-state index in [4.69, 9.17) is 0 Å². The fourth-order valence-electron chi connectivity index (χ4n) is 2.56. The van der Waals surface area contributed by atoms with Crippen molar-refractivity contribution in [3.63, 3.8) is 0 Å². The predicted molar refractivity (Wildman–Crippen MR) is 80.4 cm³/mol. The Kier molecular flexibility index (Phi) is 5.16. The maximum atomic E-state index is 4.59. The molecule has 1 atom stereocenters. The van der Waals surface area contributed by atoms with Crippen LogP contribution in [0.25, 0.3) is 0 Å². The van der Waals surface area contributed by atoms with Crippen LogP contribution in [0.5, 0.6) is 0 Å². The zero-order valence-corrected chi connectivity index (χ0v) is 12.4. The van der Waals surface area contributed by atoms with Crippen LogP contribution in [-0.2, 0) is 6.54 Å². The van der Waals surface area contributed by atoms with E-state index in [1.165, 1.54) is 19.5 Å². The number of aromatic nitrogens is 1. The summed E-state index contributed by atoms with van der Waals surface area (Å²) in [6.07, 6.45) is 1.24. The van der Waals surface area contributed by atoms with E-state index in [9.17, 15) is 0 Å². The minimum atomic E-state index is 0.716. The summed E-state index contributed by atoms with van der Waals surface area (Å²) in [5, 5.41) is 3.10. The van der Waals surface area contributed by atoms with E-state index in [2.05, 4.69) is 46.1 Å². The van der Waals surface area contributed by atoms with Crippen LogP contribution in [0, 0.1) is 0 Å². The molecule has 1 aromatic heterocycles. The molecular weight excluding hydrogens is 236 g/mol. The van der Waals surface area contributed by atoms with E-state index in [0.717, 1.165) is 31.1 Å². The lowest BCUT2D eigenvalue weighted by Crippen LogP contribution is -2.49. The third-order valence-corrected chi connectivity index (χ3v) is 4.07. The van der Waals surface area contributed by atoms with E-state index in [1.54, 1.807) is 0 Å². The van der Waals surface area contributed by atoms with Crippen LogP contribution in [0.15, 0.2) is 18.2 Å². The highest BCUT2D eigenvalue weighted by Gasteiger charge is 2.20. The SMILES string of the molecule is CCC(C)N1CCN(Cc2cccc(NC)n2)CC1. The fourth-order valence-corrected chi connectivity index (χ4v) is 2.56. The molecule has 1 unspecified atom stereocenters. The van der Waals surface area contributed by atoms with Crippen LogP contribution in [0.4, 0.5) is 5.82 Å². The average Bonchev–Trinajstić information content (AvgIpc) is 2.47. The van der Waals surface area contributed by atoms with Gasteiger partial charge in [0.1, 0.15) is 5.82 Å². The Bertz CT molecular complexity index is 385. The molecule has 1 aromatic rings. The lowest BCUT2D eigenvalue weighted by atomic mass is 10.2. The summed E-state index contributed by atoms with van der Waals surface area (Å²) in [5.41, 5.74) is 1.16. The van der Waals surface area contributed by atoms with E-state index in [-0.39, 0.29) is 0 Å². The number of anilines is 1. The summed E-state index contributed by atoms with van der Waals surface area (Å²) >= 11 is 0. The first kappa shape index (κ1) is 14.3. The van der Waals surface area contributed by atoms with Crippen molar-refractivity contribution in [3.05, 3.63) is 23.9 Å². The van der Waals surface area contributed by atoms with Gasteiger partial charge in [-0.1, -0.05) is 13.0 Å². The zero-order valence-electron chi connectivity index (χ0n) is 12.4. The fraction of sp³-hybridized carbons (Fsp3) is 0.667. The Labute approximate surface area is 116 Å². The molecule has 0 amide bonds. The Balaban J connectivity index is 1.85. The quantitative estimate of drug-likeness (QED) is 0.880. The van der Waals surface area contributed by atoms with E-state index in [0.29, 0.717) is 6.04 Å². The first-order chi connectivity index (χ1) is 9.22. The van der Waals surface area contributed by atoms with E-state index < -0.39 is 0 Å². The highest BCUT2D eigenvalue weighted by Crippen LogP contribution is 2.12. The number of nitrogens with zero attached hydrogens (tertiary/aromatic N) is 3. The van der Waals surface area contributed by atoms with Crippen molar-refractivity contribution in [2.24, 2.45) is 0 Å². The van der Waals surface area contributed by atoms with E-state index >= 15 is 0 Å². The predicted octanol–water partition coefficient (Wildman–Crippen LogP) is 2.04. The first-order valence-corrected chi connectivity index (χ1v) is 7.33. The molecule has 1 N–H and O–H groups in total. The highest BCUT2D eigenvalue weighted by atomic mass is 15.3. The molecule has 2 heterocycles. The van der Waals surface area contributed by atoms with Crippen molar-refractivity contribution in [2.75, 3.05) is 38.5 Å². The van der Waals surface area contributed by atoms with Crippen molar-refractivity contribution in [1.82, 2.24) is 14.8 Å². The van der Waals surface area contributed by atoms with Crippen LogP contribution in [-0.4, -0.2) is 54.1 Å². The molecule has 0 aliphatic carbocycles. The monoisotopic (exact) mass is 262 g/mol. The topological polar surface area (TPSA) is 31.4 Å². The third kappa shape index (κ3) is 3.91. The number of hydrogen-bond donors (Lipinski definition) is 1. The third-order valence-electron chi connectivity index (χ3n) is 4.07. The zero-order chi connectivity index (χ0) is 13.7. The lowest BCUT2D eigenvalue weighted by molar-refractivity contribution is 0.0956. The number of nitrogens with one attached hydrogen (secondary N) is 1. The second kappa shape index (κ2) is 6.87. The van der Waals surface area contributed by atoms with Crippen LogP contribution in [0.2, 0.25) is 0 Å². The summed E-state index contributed by atoms with van der Waals surface area (Å²) in [6, 6.07) is 6.91. The summed E-state index contributed by atoms with van der Waals surface area (Å²) < 4.78 is 0. The average molecular weight is 262 g/mol. The summed E-state index contributed by atoms with van der Waals surface area (Å²) in [5.74, 6) is 0.954. The normalized spacial score (nSPS) is 19.3. The van der Waals surface area contributed by atoms with Gasteiger partial charge in [-0.3, -0.25) is 9.80 Å². The largest absolute Gasteiger partial charge is 0.373 e. The summed E-state index contributed by atoms with van der Waals surface area (Å²) in [7, 11) is 1.91. The minimum absolute atomic E-state index is 0.716. The van der Waals surface area contributed by atoms with Gasteiger partial charge in [0.25, 0.3) is 0 Å². The molecule has 0 radical (unpaired) electrons. The number of pyridine rings is 1. The van der Waals surface area contributed by atoms with E-state index in [1.807, 2.05) is 13.1 Å². The first-order valence-electron chi connectivity index (χ1n) is 7.33. The molecule has 0 aromatic carbocycles. The van der Waals surface area contributed by atoms with Crippen molar-refractivity contribution >= 4 is 5.82 Å². The molecule has 1 aliphatic heterocycles. The molecule has 2 rings (SSSR count). The molecule has 106 valence electrons. The van der Waals surface area contributed by atoms with Gasteiger partial charge in [-0.15, -0.1) is 0 Å². The standard InChI is InChI=1S/C15H26N4/c1-4-13(2)19-10-8-18(9-11-19)12-14-6-5-7-15(16-3)17-14/h5-7,13H,4,8-12H2,1-3H3,(H,16,17). The smallest absolute Gasteiger partial charge is 0.126 e. The Morgan fingerprint density at radius 1 is 1.26 bits per heavy atom. The molecule has 1 fully saturated rings. The summed E-state index contributed by atoms with van der Waals surface area (Å²) in [4.78, 5) is 9.68. The second-order valence-corrected chi connectivity index (χ2v) is 5.33. The van der Waals surface area contributed by atoms with Crippen molar-refractivity contribution < 1.29 is 0 Å².